The molecule has 0 atom stereocenters. The summed E-state index contributed by atoms with van der Waals surface area (Å²) in [5, 5.41) is 9.16. The normalized spacial score (nSPS) is 23.1. The first-order valence-corrected chi connectivity index (χ1v) is 3.31. The first-order valence-electron chi connectivity index (χ1n) is 2.43. The Morgan fingerprint density at radius 1 is 1.75 bits per heavy atom. The topological polar surface area (TPSA) is 23.9 Å². The molecule has 0 aliphatic carbocycles. The van der Waals surface area contributed by atoms with Crippen LogP contribution in [0.15, 0.2) is 22.5 Å². The summed E-state index contributed by atoms with van der Waals surface area (Å²) in [5.41, 5.74) is 0.637. The molecule has 0 spiro atoms. The molecule has 0 aromatic rings. The van der Waals surface area contributed by atoms with Crippen molar-refractivity contribution in [2.75, 3.05) is 0 Å². The molecule has 0 fully saturated rings. The maximum Gasteiger partial charge on any atom is 0.0680 e. The van der Waals surface area contributed by atoms with Crippen LogP contribution < -0.4 is 0 Å². The van der Waals surface area contributed by atoms with Crippen LogP contribution in [0.2, 0.25) is 0 Å². The number of rotatable bonds is 0. The maximum atomic E-state index is 7.23. The molecular formula is C6H7NS. The molecule has 0 saturated heterocycles. The summed E-state index contributed by atoms with van der Waals surface area (Å²) in [6.45, 7) is 1.95. The van der Waals surface area contributed by atoms with Gasteiger partial charge in [0.2, 0.25) is 0 Å². The van der Waals surface area contributed by atoms with Gasteiger partial charge in [-0.05, 0) is 18.4 Å². The minimum absolute atomic E-state index is 0.637. The van der Waals surface area contributed by atoms with Gasteiger partial charge < -0.3 is 0 Å². The monoisotopic (exact) mass is 125 g/mol. The van der Waals surface area contributed by atoms with E-state index in [1.807, 2.05) is 18.4 Å². The highest BCUT2D eigenvalue weighted by molar-refractivity contribution is 8.07. The van der Waals surface area contributed by atoms with Crippen LogP contribution in [-0.4, -0.2) is 5.71 Å². The average molecular weight is 125 g/mol. The van der Waals surface area contributed by atoms with Gasteiger partial charge in [-0.2, -0.15) is 0 Å². The zero-order chi connectivity index (χ0) is 5.98. The van der Waals surface area contributed by atoms with E-state index >= 15 is 0 Å². The Morgan fingerprint density at radius 2 is 2.50 bits per heavy atom. The van der Waals surface area contributed by atoms with Crippen LogP contribution in [0, 0.1) is 5.41 Å². The Bertz CT molecular complexity index is 167. The van der Waals surface area contributed by atoms with Crippen molar-refractivity contribution in [3.8, 4) is 0 Å². The van der Waals surface area contributed by atoms with Crippen molar-refractivity contribution in [3.63, 3.8) is 0 Å². The smallest absolute Gasteiger partial charge is 0.0680 e. The Labute approximate surface area is 53.0 Å². The van der Waals surface area contributed by atoms with Crippen molar-refractivity contribution < 1.29 is 0 Å². The lowest BCUT2D eigenvalue weighted by atomic mass is 10.3. The molecule has 2 heteroatoms. The van der Waals surface area contributed by atoms with E-state index in [9.17, 15) is 0 Å². The van der Waals surface area contributed by atoms with Gasteiger partial charge in [-0.1, -0.05) is 17.8 Å². The fourth-order valence-electron chi connectivity index (χ4n) is 0.545. The van der Waals surface area contributed by atoms with Gasteiger partial charge in [0.1, 0.15) is 0 Å². The Kier molecular flexibility index (Phi) is 1.53. The second kappa shape index (κ2) is 2.18. The molecule has 0 bridgehead atoms. The van der Waals surface area contributed by atoms with Crippen LogP contribution in [0.5, 0.6) is 0 Å². The summed E-state index contributed by atoms with van der Waals surface area (Å²) < 4.78 is 0. The predicted molar refractivity (Wildman–Crippen MR) is 38.2 cm³/mol. The highest BCUT2D eigenvalue weighted by atomic mass is 32.2. The third-order valence-corrected chi connectivity index (χ3v) is 1.94. The molecule has 1 aliphatic heterocycles. The van der Waals surface area contributed by atoms with Crippen LogP contribution in [-0.2, 0) is 0 Å². The second-order valence-electron chi connectivity index (χ2n) is 1.49. The van der Waals surface area contributed by atoms with Crippen molar-refractivity contribution in [3.05, 3.63) is 22.5 Å². The minimum Gasteiger partial charge on any atom is -0.300 e. The van der Waals surface area contributed by atoms with Gasteiger partial charge >= 0.3 is 0 Å². The van der Waals surface area contributed by atoms with E-state index in [-0.39, 0.29) is 0 Å². The molecule has 0 radical (unpaired) electrons. The standard InChI is InChI=1S/C6H7NS/c1-2-6-5(7)3-4-8-6/h2-4,7H,1H3/b6-2+,7-5?. The predicted octanol–water partition coefficient (Wildman–Crippen LogP) is 2.17. The number of allylic oxidation sites excluding steroid dienone is 3. The van der Waals surface area contributed by atoms with Gasteiger partial charge in [-0.25, -0.2) is 0 Å². The zero-order valence-corrected chi connectivity index (χ0v) is 5.46. The molecule has 1 aliphatic rings. The van der Waals surface area contributed by atoms with E-state index in [1.54, 1.807) is 17.8 Å². The molecule has 1 nitrogen and oxygen atoms in total. The molecule has 1 heterocycles. The summed E-state index contributed by atoms with van der Waals surface area (Å²) in [4.78, 5) is 1.06. The lowest BCUT2D eigenvalue weighted by molar-refractivity contribution is 1.53. The fourth-order valence-corrected chi connectivity index (χ4v) is 1.23. The first kappa shape index (κ1) is 5.63. The minimum atomic E-state index is 0.637. The van der Waals surface area contributed by atoms with Gasteiger partial charge in [0, 0.05) is 4.91 Å². The van der Waals surface area contributed by atoms with Crippen molar-refractivity contribution in [2.45, 2.75) is 6.92 Å². The second-order valence-corrected chi connectivity index (χ2v) is 2.43. The summed E-state index contributed by atoms with van der Waals surface area (Å²) in [6, 6.07) is 0. The van der Waals surface area contributed by atoms with Gasteiger partial charge in [0.15, 0.2) is 0 Å². The third kappa shape index (κ3) is 0.842. The zero-order valence-electron chi connectivity index (χ0n) is 4.64. The molecule has 0 aromatic carbocycles. The van der Waals surface area contributed by atoms with Crippen LogP contribution in [0.25, 0.3) is 0 Å². The number of nitrogens with one attached hydrogen (secondary N) is 1. The van der Waals surface area contributed by atoms with E-state index in [2.05, 4.69) is 0 Å². The van der Waals surface area contributed by atoms with E-state index in [0.717, 1.165) is 4.91 Å². The van der Waals surface area contributed by atoms with Crippen molar-refractivity contribution in [2.24, 2.45) is 0 Å². The van der Waals surface area contributed by atoms with E-state index in [0.29, 0.717) is 5.71 Å². The molecule has 42 valence electrons. The highest BCUT2D eigenvalue weighted by Gasteiger charge is 2.04. The fraction of sp³-hybridized carbons (Fsp3) is 0.167. The molecule has 0 aromatic heterocycles. The summed E-state index contributed by atoms with van der Waals surface area (Å²) in [6.07, 6.45) is 3.76. The lowest BCUT2D eigenvalue weighted by Crippen LogP contribution is -1.84. The van der Waals surface area contributed by atoms with Gasteiger partial charge in [-0.3, -0.25) is 5.41 Å². The maximum absolute atomic E-state index is 7.23. The van der Waals surface area contributed by atoms with E-state index in [1.165, 1.54) is 0 Å². The quantitative estimate of drug-likeness (QED) is 0.527. The van der Waals surface area contributed by atoms with Crippen LogP contribution >= 0.6 is 11.8 Å². The number of hydrogen-bond donors (Lipinski definition) is 1. The molecular weight excluding hydrogens is 118 g/mol. The van der Waals surface area contributed by atoms with Gasteiger partial charge in [-0.15, -0.1) is 0 Å². The first-order chi connectivity index (χ1) is 3.84. The van der Waals surface area contributed by atoms with Gasteiger partial charge in [0.25, 0.3) is 0 Å². The molecule has 1 rings (SSSR count). The van der Waals surface area contributed by atoms with Crippen molar-refractivity contribution in [1.29, 1.82) is 5.41 Å². The lowest BCUT2D eigenvalue weighted by Gasteiger charge is -1.88. The summed E-state index contributed by atoms with van der Waals surface area (Å²) in [7, 11) is 0. The summed E-state index contributed by atoms with van der Waals surface area (Å²) in [5.74, 6) is 0. The summed E-state index contributed by atoms with van der Waals surface area (Å²) >= 11 is 1.61. The third-order valence-electron chi connectivity index (χ3n) is 0.957. The van der Waals surface area contributed by atoms with Crippen molar-refractivity contribution >= 4 is 17.5 Å². The molecule has 1 N–H and O–H groups in total. The van der Waals surface area contributed by atoms with E-state index < -0.39 is 0 Å². The molecule has 0 unspecified atom stereocenters. The van der Waals surface area contributed by atoms with Crippen LogP contribution in [0.3, 0.4) is 0 Å². The Hall–Kier alpha value is -0.500. The highest BCUT2D eigenvalue weighted by Crippen LogP contribution is 2.24. The SMILES string of the molecule is C/C=C1/SC=CC1=N. The largest absolute Gasteiger partial charge is 0.300 e. The molecule has 8 heavy (non-hydrogen) atoms. The van der Waals surface area contributed by atoms with Gasteiger partial charge in [0.05, 0.1) is 5.71 Å². The molecule has 0 saturated carbocycles. The van der Waals surface area contributed by atoms with Crippen LogP contribution in [0.1, 0.15) is 6.92 Å². The molecule has 0 amide bonds. The average Bonchev–Trinajstić information content (AvgIpc) is 2.14. The van der Waals surface area contributed by atoms with E-state index in [4.69, 9.17) is 5.41 Å². The Morgan fingerprint density at radius 3 is 2.75 bits per heavy atom. The number of thioether (sulfide) groups is 1. The number of hydrogen-bond acceptors (Lipinski definition) is 2. The van der Waals surface area contributed by atoms with Crippen LogP contribution in [0.4, 0.5) is 0 Å². The Balaban J connectivity index is 2.79. The van der Waals surface area contributed by atoms with Crippen molar-refractivity contribution in [1.82, 2.24) is 0 Å².